The van der Waals surface area contributed by atoms with Crippen molar-refractivity contribution in [3.63, 3.8) is 0 Å². The summed E-state index contributed by atoms with van der Waals surface area (Å²) in [4.78, 5) is 32.6. The zero-order valence-corrected chi connectivity index (χ0v) is 17.7. The molecular weight excluding hydrogens is 408 g/mol. The highest BCUT2D eigenvalue weighted by Gasteiger charge is 2.22. The van der Waals surface area contributed by atoms with E-state index in [2.05, 4.69) is 20.6 Å². The van der Waals surface area contributed by atoms with Gasteiger partial charge in [0.05, 0.1) is 16.6 Å². The molecule has 2 aromatic heterocycles. The molecule has 1 aliphatic carbocycles. The highest BCUT2D eigenvalue weighted by molar-refractivity contribution is 7.08. The molecule has 2 aromatic carbocycles. The lowest BCUT2D eigenvalue weighted by Gasteiger charge is -2.10. The average molecular weight is 431 g/mol. The van der Waals surface area contributed by atoms with E-state index in [1.165, 1.54) is 11.3 Å². The molecule has 1 aliphatic rings. The van der Waals surface area contributed by atoms with Gasteiger partial charge in [-0.25, -0.2) is 4.98 Å². The minimum absolute atomic E-state index is 0.108. The molecule has 4 aromatic rings. The number of rotatable bonds is 5. The first-order chi connectivity index (χ1) is 15.2. The van der Waals surface area contributed by atoms with Gasteiger partial charge in [0.25, 0.3) is 5.91 Å². The van der Waals surface area contributed by atoms with Crippen LogP contribution >= 0.6 is 11.3 Å². The van der Waals surface area contributed by atoms with Crippen LogP contribution < -0.4 is 10.6 Å². The zero-order valence-electron chi connectivity index (χ0n) is 16.9. The largest absolute Gasteiger partial charge is 0.338 e. The van der Waals surface area contributed by atoms with Crippen LogP contribution in [0.1, 0.15) is 36.0 Å². The number of amides is 2. The van der Waals surface area contributed by atoms with E-state index in [-0.39, 0.29) is 17.7 Å². The van der Waals surface area contributed by atoms with Crippen molar-refractivity contribution < 1.29 is 9.59 Å². The molecule has 0 spiro atoms. The second kappa shape index (κ2) is 8.35. The number of carbonyl (C=O) groups excluding carboxylic acids is 2. The summed E-state index contributed by atoms with van der Waals surface area (Å²) < 4.78 is 0. The number of thiophene rings is 1. The van der Waals surface area contributed by atoms with Crippen LogP contribution in [-0.4, -0.2) is 21.8 Å². The van der Waals surface area contributed by atoms with E-state index >= 15 is 0 Å². The standard InChI is InChI=1S/C24H22N4O2S/c29-23(16-3-1-2-4-16)26-19-9-10-20-21(13-19)28-22(27-20)15-5-7-18(8-6-15)25-24(30)17-11-12-31-14-17/h5-14,16H,1-4H2,(H,25,30)(H,26,29)(H,27,28). The predicted octanol–water partition coefficient (Wildman–Crippen LogP) is 5.67. The maximum atomic E-state index is 12.4. The molecule has 6 nitrogen and oxygen atoms in total. The molecule has 156 valence electrons. The molecule has 1 saturated carbocycles. The second-order valence-electron chi connectivity index (χ2n) is 7.83. The second-order valence-corrected chi connectivity index (χ2v) is 8.61. The van der Waals surface area contributed by atoms with Gasteiger partial charge in [0.2, 0.25) is 5.91 Å². The maximum Gasteiger partial charge on any atom is 0.256 e. The first-order valence-electron chi connectivity index (χ1n) is 10.4. The van der Waals surface area contributed by atoms with Crippen LogP contribution in [0.25, 0.3) is 22.4 Å². The van der Waals surface area contributed by atoms with Crippen LogP contribution in [0.5, 0.6) is 0 Å². The topological polar surface area (TPSA) is 86.9 Å². The van der Waals surface area contributed by atoms with Gasteiger partial charge >= 0.3 is 0 Å². The molecule has 7 heteroatoms. The average Bonchev–Trinajstić information content (AvgIpc) is 3.55. The predicted molar refractivity (Wildman–Crippen MR) is 124 cm³/mol. The summed E-state index contributed by atoms with van der Waals surface area (Å²) in [7, 11) is 0. The van der Waals surface area contributed by atoms with Gasteiger partial charge in [-0.15, -0.1) is 0 Å². The van der Waals surface area contributed by atoms with E-state index in [1.807, 2.05) is 53.2 Å². The number of carbonyl (C=O) groups is 2. The number of aromatic amines is 1. The van der Waals surface area contributed by atoms with Crippen molar-refractivity contribution in [2.75, 3.05) is 10.6 Å². The molecule has 2 amide bonds. The molecule has 0 saturated heterocycles. The van der Waals surface area contributed by atoms with Crippen LogP contribution in [0.2, 0.25) is 0 Å². The van der Waals surface area contributed by atoms with E-state index in [0.29, 0.717) is 5.56 Å². The lowest BCUT2D eigenvalue weighted by atomic mass is 10.1. The van der Waals surface area contributed by atoms with Crippen LogP contribution in [0.15, 0.2) is 59.3 Å². The number of nitrogens with one attached hydrogen (secondary N) is 3. The molecule has 2 heterocycles. The third-order valence-electron chi connectivity index (χ3n) is 5.67. The number of hydrogen-bond acceptors (Lipinski definition) is 4. The Morgan fingerprint density at radius 1 is 0.968 bits per heavy atom. The van der Waals surface area contributed by atoms with Gasteiger partial charge in [-0.2, -0.15) is 11.3 Å². The summed E-state index contributed by atoms with van der Waals surface area (Å²) in [6.07, 6.45) is 4.23. The Morgan fingerprint density at radius 2 is 1.74 bits per heavy atom. The molecule has 3 N–H and O–H groups in total. The highest BCUT2D eigenvalue weighted by Crippen LogP contribution is 2.28. The third-order valence-corrected chi connectivity index (χ3v) is 6.36. The Kier molecular flexibility index (Phi) is 5.26. The van der Waals surface area contributed by atoms with E-state index in [9.17, 15) is 9.59 Å². The number of fused-ring (bicyclic) bond motifs is 1. The fourth-order valence-electron chi connectivity index (χ4n) is 3.96. The summed E-state index contributed by atoms with van der Waals surface area (Å²) in [6.45, 7) is 0. The maximum absolute atomic E-state index is 12.4. The Bertz CT molecular complexity index is 1220. The Hall–Kier alpha value is -3.45. The normalized spacial score (nSPS) is 14.1. The first kappa shape index (κ1) is 19.5. The zero-order chi connectivity index (χ0) is 21.2. The van der Waals surface area contributed by atoms with Gasteiger partial charge in [0, 0.05) is 28.2 Å². The van der Waals surface area contributed by atoms with Crippen molar-refractivity contribution in [2.45, 2.75) is 25.7 Å². The summed E-state index contributed by atoms with van der Waals surface area (Å²) in [6, 6.07) is 15.1. The Balaban J connectivity index is 1.30. The van der Waals surface area contributed by atoms with Crippen molar-refractivity contribution in [2.24, 2.45) is 5.92 Å². The van der Waals surface area contributed by atoms with Crippen LogP contribution in [0.3, 0.4) is 0 Å². The smallest absolute Gasteiger partial charge is 0.256 e. The van der Waals surface area contributed by atoms with Gasteiger partial charge in [0.1, 0.15) is 5.82 Å². The molecule has 0 bridgehead atoms. The minimum Gasteiger partial charge on any atom is -0.338 e. The summed E-state index contributed by atoms with van der Waals surface area (Å²) >= 11 is 1.49. The van der Waals surface area contributed by atoms with Crippen LogP contribution in [-0.2, 0) is 4.79 Å². The molecule has 1 fully saturated rings. The monoisotopic (exact) mass is 430 g/mol. The number of nitrogens with zero attached hydrogens (tertiary/aromatic N) is 1. The highest BCUT2D eigenvalue weighted by atomic mass is 32.1. The lowest BCUT2D eigenvalue weighted by Crippen LogP contribution is -2.20. The molecule has 31 heavy (non-hydrogen) atoms. The summed E-state index contributed by atoms with van der Waals surface area (Å²) in [5.41, 5.74) is 4.79. The van der Waals surface area contributed by atoms with E-state index in [0.717, 1.165) is 59.5 Å². The van der Waals surface area contributed by atoms with E-state index in [4.69, 9.17) is 0 Å². The fraction of sp³-hybridized carbons (Fsp3) is 0.208. The molecule has 0 aliphatic heterocycles. The number of H-pyrrole nitrogens is 1. The van der Waals surface area contributed by atoms with Gasteiger partial charge in [0.15, 0.2) is 0 Å². The molecule has 5 rings (SSSR count). The van der Waals surface area contributed by atoms with Gasteiger partial charge in [-0.3, -0.25) is 9.59 Å². The van der Waals surface area contributed by atoms with Crippen molar-refractivity contribution in [3.8, 4) is 11.4 Å². The number of imidazole rings is 1. The summed E-state index contributed by atoms with van der Waals surface area (Å²) in [5, 5.41) is 9.63. The molecule has 0 atom stereocenters. The van der Waals surface area contributed by atoms with Crippen molar-refractivity contribution in [3.05, 3.63) is 64.9 Å². The number of aromatic nitrogens is 2. The van der Waals surface area contributed by atoms with E-state index < -0.39 is 0 Å². The van der Waals surface area contributed by atoms with Crippen molar-refractivity contribution in [1.29, 1.82) is 0 Å². The minimum atomic E-state index is -0.120. The number of anilines is 2. The third kappa shape index (κ3) is 4.22. The molecule has 0 radical (unpaired) electrons. The SMILES string of the molecule is O=C(Nc1ccc(-c2nc3ccc(NC(=O)C4CCCC4)cc3[nH]2)cc1)c1ccsc1. The Labute approximate surface area is 183 Å². The van der Waals surface area contributed by atoms with Crippen LogP contribution in [0, 0.1) is 5.92 Å². The lowest BCUT2D eigenvalue weighted by molar-refractivity contribution is -0.119. The van der Waals surface area contributed by atoms with Crippen molar-refractivity contribution in [1.82, 2.24) is 9.97 Å². The molecule has 0 unspecified atom stereocenters. The first-order valence-corrected chi connectivity index (χ1v) is 11.3. The number of hydrogen-bond donors (Lipinski definition) is 3. The number of benzene rings is 2. The van der Waals surface area contributed by atoms with Crippen molar-refractivity contribution >= 4 is 45.6 Å². The Morgan fingerprint density at radius 3 is 2.48 bits per heavy atom. The quantitative estimate of drug-likeness (QED) is 0.381. The van der Waals surface area contributed by atoms with Gasteiger partial charge in [-0.05, 0) is 66.8 Å². The van der Waals surface area contributed by atoms with Gasteiger partial charge in [-0.1, -0.05) is 12.8 Å². The van der Waals surface area contributed by atoms with E-state index in [1.54, 1.807) is 6.07 Å². The van der Waals surface area contributed by atoms with Gasteiger partial charge < -0.3 is 15.6 Å². The summed E-state index contributed by atoms with van der Waals surface area (Å²) in [5.74, 6) is 0.860. The van der Waals surface area contributed by atoms with Crippen LogP contribution in [0.4, 0.5) is 11.4 Å². The fourth-order valence-corrected chi connectivity index (χ4v) is 4.60. The molecular formula is C24H22N4O2S.